The summed E-state index contributed by atoms with van der Waals surface area (Å²) in [6, 6.07) is 14.2. The maximum Gasteiger partial charge on any atom is 0.282 e. The lowest BCUT2D eigenvalue weighted by atomic mass is 9.91. The Kier molecular flexibility index (Phi) is 5.41. The summed E-state index contributed by atoms with van der Waals surface area (Å²) in [5, 5.41) is 0.727. The van der Waals surface area contributed by atoms with E-state index < -0.39 is 0 Å². The van der Waals surface area contributed by atoms with E-state index in [1.807, 2.05) is 30.3 Å². The topological polar surface area (TPSA) is 40.6 Å². The number of imide groups is 1. The molecule has 0 radical (unpaired) electrons. The van der Waals surface area contributed by atoms with Gasteiger partial charge in [0.05, 0.1) is 16.3 Å². The van der Waals surface area contributed by atoms with Gasteiger partial charge in [0, 0.05) is 18.1 Å². The van der Waals surface area contributed by atoms with Gasteiger partial charge in [-0.15, -0.1) is 0 Å². The second-order valence-corrected chi connectivity index (χ2v) is 8.83. The van der Waals surface area contributed by atoms with Crippen molar-refractivity contribution in [3.63, 3.8) is 0 Å². The fraction of sp³-hybridized carbons (Fsp3) is 0.304. The molecule has 0 aromatic heterocycles. The molecule has 2 heterocycles. The van der Waals surface area contributed by atoms with Crippen LogP contribution < -0.4 is 4.90 Å². The summed E-state index contributed by atoms with van der Waals surface area (Å²) < 4.78 is 0. The number of benzene rings is 2. The predicted molar refractivity (Wildman–Crippen MR) is 117 cm³/mol. The molecule has 4 nitrogen and oxygen atoms in total. The van der Waals surface area contributed by atoms with Crippen molar-refractivity contribution in [2.45, 2.75) is 20.3 Å². The zero-order valence-corrected chi connectivity index (χ0v) is 17.9. The maximum absolute atomic E-state index is 13.6. The molecule has 150 valence electrons. The molecule has 2 aromatic rings. The Hall–Kier alpha value is -2.30. The Morgan fingerprint density at radius 3 is 2.21 bits per heavy atom. The first-order valence-electron chi connectivity index (χ1n) is 9.75. The zero-order chi connectivity index (χ0) is 20.7. The Balaban J connectivity index is 1.86. The van der Waals surface area contributed by atoms with Crippen molar-refractivity contribution in [3.8, 4) is 0 Å². The summed E-state index contributed by atoms with van der Waals surface area (Å²) in [5.41, 5.74) is 1.92. The van der Waals surface area contributed by atoms with Crippen LogP contribution in [0.1, 0.15) is 25.8 Å². The highest BCUT2D eigenvalue weighted by atomic mass is 35.5. The molecular formula is C23H22Cl2N2O2. The van der Waals surface area contributed by atoms with Crippen molar-refractivity contribution in [1.29, 1.82) is 0 Å². The number of likely N-dealkylation sites (tertiary alicyclic amines) is 1. The van der Waals surface area contributed by atoms with Gasteiger partial charge in [-0.05, 0) is 42.0 Å². The molecule has 2 aliphatic heterocycles. The fourth-order valence-corrected chi connectivity index (χ4v) is 4.77. The van der Waals surface area contributed by atoms with Crippen molar-refractivity contribution < 1.29 is 9.59 Å². The van der Waals surface area contributed by atoms with Crippen LogP contribution in [-0.4, -0.2) is 29.8 Å². The van der Waals surface area contributed by atoms with E-state index in [9.17, 15) is 9.59 Å². The lowest BCUT2D eigenvalue weighted by Crippen LogP contribution is -2.42. The number of anilines is 1. The minimum atomic E-state index is -0.369. The van der Waals surface area contributed by atoms with Crippen LogP contribution in [0.25, 0.3) is 5.57 Å². The third kappa shape index (κ3) is 3.67. The number of nitrogens with zero attached hydrogens (tertiary/aromatic N) is 2. The van der Waals surface area contributed by atoms with Crippen LogP contribution in [0.15, 0.2) is 54.2 Å². The van der Waals surface area contributed by atoms with E-state index in [-0.39, 0.29) is 11.8 Å². The fourth-order valence-electron chi connectivity index (χ4n) is 4.40. The van der Waals surface area contributed by atoms with Crippen LogP contribution >= 0.6 is 23.2 Å². The lowest BCUT2D eigenvalue weighted by molar-refractivity contribution is -0.120. The van der Waals surface area contributed by atoms with Gasteiger partial charge in [-0.25, -0.2) is 4.90 Å². The Morgan fingerprint density at radius 2 is 1.55 bits per heavy atom. The van der Waals surface area contributed by atoms with Gasteiger partial charge in [0.1, 0.15) is 5.70 Å². The number of hydrogen-bond donors (Lipinski definition) is 0. The number of rotatable bonds is 3. The van der Waals surface area contributed by atoms with Crippen LogP contribution in [-0.2, 0) is 9.59 Å². The molecule has 29 heavy (non-hydrogen) atoms. The van der Waals surface area contributed by atoms with E-state index in [4.69, 9.17) is 23.2 Å². The second-order valence-electron chi connectivity index (χ2n) is 7.98. The predicted octanol–water partition coefficient (Wildman–Crippen LogP) is 5.26. The first kappa shape index (κ1) is 20.0. The highest BCUT2D eigenvalue weighted by molar-refractivity contribution is 6.47. The highest BCUT2D eigenvalue weighted by Gasteiger charge is 2.44. The minimum Gasteiger partial charge on any atom is -0.366 e. The molecule has 0 aliphatic carbocycles. The standard InChI is InChI=1S/C23H22Cl2N2O2/c1-14-10-15(2)13-26(12-14)21-20(16-6-4-3-5-7-16)22(28)27(23(21)29)19-11-17(24)8-9-18(19)25/h3-9,11,14-15H,10,12-13H2,1-2H3. The summed E-state index contributed by atoms with van der Waals surface area (Å²) in [6.45, 7) is 5.84. The molecule has 0 N–H and O–H groups in total. The van der Waals surface area contributed by atoms with Gasteiger partial charge in [-0.1, -0.05) is 67.4 Å². The minimum absolute atomic E-state index is 0.310. The third-order valence-electron chi connectivity index (χ3n) is 5.46. The normalized spacial score (nSPS) is 22.6. The number of carbonyl (C=O) groups is 2. The van der Waals surface area contributed by atoms with E-state index in [1.54, 1.807) is 18.2 Å². The van der Waals surface area contributed by atoms with E-state index in [1.165, 1.54) is 0 Å². The number of halogens is 2. The van der Waals surface area contributed by atoms with Gasteiger partial charge in [0.25, 0.3) is 11.8 Å². The SMILES string of the molecule is CC1CC(C)CN(C2=C(c3ccccc3)C(=O)N(c3cc(Cl)ccc3Cl)C2=O)C1. The average Bonchev–Trinajstić information content (AvgIpc) is 2.94. The van der Waals surface area contributed by atoms with Gasteiger partial charge < -0.3 is 4.90 Å². The van der Waals surface area contributed by atoms with Crippen LogP contribution in [0.4, 0.5) is 5.69 Å². The van der Waals surface area contributed by atoms with Gasteiger partial charge >= 0.3 is 0 Å². The Morgan fingerprint density at radius 1 is 0.897 bits per heavy atom. The van der Waals surface area contributed by atoms with Crippen molar-refractivity contribution in [1.82, 2.24) is 4.90 Å². The second kappa shape index (κ2) is 7.85. The monoisotopic (exact) mass is 428 g/mol. The summed E-state index contributed by atoms with van der Waals surface area (Å²) in [4.78, 5) is 30.3. The van der Waals surface area contributed by atoms with Crippen molar-refractivity contribution in [2.24, 2.45) is 11.8 Å². The van der Waals surface area contributed by atoms with E-state index in [0.29, 0.717) is 38.8 Å². The smallest absolute Gasteiger partial charge is 0.282 e. The zero-order valence-electron chi connectivity index (χ0n) is 16.4. The molecule has 0 saturated carbocycles. The van der Waals surface area contributed by atoms with Crippen LogP contribution in [0.2, 0.25) is 10.0 Å². The molecule has 0 bridgehead atoms. The van der Waals surface area contributed by atoms with Crippen molar-refractivity contribution in [2.75, 3.05) is 18.0 Å². The van der Waals surface area contributed by atoms with Crippen molar-refractivity contribution in [3.05, 3.63) is 69.8 Å². The molecule has 4 rings (SSSR count). The largest absolute Gasteiger partial charge is 0.366 e. The Labute approximate surface area is 180 Å². The summed E-state index contributed by atoms with van der Waals surface area (Å²) in [6.07, 6.45) is 1.11. The van der Waals surface area contributed by atoms with Crippen LogP contribution in [0.5, 0.6) is 0 Å². The number of hydrogen-bond acceptors (Lipinski definition) is 3. The maximum atomic E-state index is 13.6. The summed E-state index contributed by atoms with van der Waals surface area (Å²) >= 11 is 12.5. The molecule has 1 saturated heterocycles. The molecule has 2 atom stereocenters. The van der Waals surface area contributed by atoms with Gasteiger partial charge in [-0.2, -0.15) is 0 Å². The van der Waals surface area contributed by atoms with Crippen LogP contribution in [0, 0.1) is 11.8 Å². The summed E-state index contributed by atoms with van der Waals surface area (Å²) in [5.74, 6) is 0.163. The molecule has 2 aromatic carbocycles. The van der Waals surface area contributed by atoms with Gasteiger partial charge in [0.15, 0.2) is 0 Å². The molecule has 2 unspecified atom stereocenters. The molecule has 1 fully saturated rings. The molecular weight excluding hydrogens is 407 g/mol. The summed E-state index contributed by atoms with van der Waals surface area (Å²) in [7, 11) is 0. The average molecular weight is 429 g/mol. The lowest BCUT2D eigenvalue weighted by Gasteiger charge is -2.37. The molecule has 2 aliphatic rings. The van der Waals surface area contributed by atoms with E-state index in [0.717, 1.165) is 30.0 Å². The third-order valence-corrected chi connectivity index (χ3v) is 6.01. The van der Waals surface area contributed by atoms with Gasteiger partial charge in [0.2, 0.25) is 0 Å². The van der Waals surface area contributed by atoms with E-state index >= 15 is 0 Å². The number of carbonyl (C=O) groups excluding carboxylic acids is 2. The Bertz CT molecular complexity index is 993. The molecule has 6 heteroatoms. The number of amides is 2. The molecule has 2 amide bonds. The molecule has 0 spiro atoms. The quantitative estimate of drug-likeness (QED) is 0.626. The first-order valence-corrected chi connectivity index (χ1v) is 10.5. The van der Waals surface area contributed by atoms with Gasteiger partial charge in [-0.3, -0.25) is 9.59 Å². The number of piperidine rings is 1. The highest BCUT2D eigenvalue weighted by Crippen LogP contribution is 2.40. The van der Waals surface area contributed by atoms with E-state index in [2.05, 4.69) is 18.7 Å². The van der Waals surface area contributed by atoms with Crippen LogP contribution in [0.3, 0.4) is 0 Å². The first-order chi connectivity index (χ1) is 13.9. The van der Waals surface area contributed by atoms with Crippen molar-refractivity contribution >= 4 is 46.3 Å².